The van der Waals surface area contributed by atoms with E-state index in [1.54, 1.807) is 12.1 Å². The molecule has 0 atom stereocenters. The fourth-order valence-corrected chi connectivity index (χ4v) is 3.95. The Hall–Kier alpha value is -1.71. The Morgan fingerprint density at radius 1 is 1.42 bits per heavy atom. The van der Waals surface area contributed by atoms with E-state index in [4.69, 9.17) is 16.9 Å². The summed E-state index contributed by atoms with van der Waals surface area (Å²) < 4.78 is 0. The van der Waals surface area contributed by atoms with Gasteiger partial charge in [0.05, 0.1) is 10.6 Å². The first-order valence-corrected chi connectivity index (χ1v) is 9.39. The van der Waals surface area contributed by atoms with Gasteiger partial charge in [-0.3, -0.25) is 9.59 Å². The molecular formula is C17H20ClN3O2S. The number of carbonyl (C=O) groups is 2. The summed E-state index contributed by atoms with van der Waals surface area (Å²) in [6.07, 6.45) is 1.88. The molecule has 0 spiro atoms. The molecule has 0 bridgehead atoms. The summed E-state index contributed by atoms with van der Waals surface area (Å²) in [5.74, 6) is 1.82. The molecule has 1 saturated heterocycles. The summed E-state index contributed by atoms with van der Waals surface area (Å²) in [5.41, 5.74) is 0.750. The normalized spacial score (nSPS) is 14.7. The minimum Gasteiger partial charge on any atom is -0.355 e. The zero-order valence-electron chi connectivity index (χ0n) is 13.5. The minimum atomic E-state index is -0.120. The van der Waals surface area contributed by atoms with Crippen LogP contribution in [0.2, 0.25) is 5.02 Å². The van der Waals surface area contributed by atoms with Crippen LogP contribution in [0.1, 0.15) is 35.7 Å². The molecule has 1 heterocycles. The number of hydrogen-bond acceptors (Lipinski definition) is 4. The Bertz CT molecular complexity index is 654. The lowest BCUT2D eigenvalue weighted by Gasteiger charge is -2.34. The number of hydrogen-bond donors (Lipinski definition) is 1. The van der Waals surface area contributed by atoms with Gasteiger partial charge in [0.25, 0.3) is 5.91 Å². The maximum atomic E-state index is 13.0. The van der Waals surface area contributed by atoms with E-state index < -0.39 is 0 Å². The lowest BCUT2D eigenvalue weighted by Crippen LogP contribution is -2.46. The highest BCUT2D eigenvalue weighted by Gasteiger charge is 2.26. The number of thioether (sulfide) groups is 1. The number of carbonyl (C=O) groups excluding carboxylic acids is 2. The van der Waals surface area contributed by atoms with Crippen molar-refractivity contribution in [3.05, 3.63) is 34.3 Å². The number of benzene rings is 1. The molecule has 1 aliphatic rings. The monoisotopic (exact) mass is 365 g/mol. The molecule has 0 radical (unpaired) electrons. The number of halogens is 1. The van der Waals surface area contributed by atoms with Crippen molar-refractivity contribution in [2.24, 2.45) is 0 Å². The minimum absolute atomic E-state index is 0.111. The van der Waals surface area contributed by atoms with E-state index >= 15 is 0 Å². The van der Waals surface area contributed by atoms with Crippen LogP contribution in [-0.4, -0.2) is 47.4 Å². The Labute approximate surface area is 151 Å². The quantitative estimate of drug-likeness (QED) is 0.870. The highest BCUT2D eigenvalue weighted by Crippen LogP contribution is 2.24. The molecule has 2 rings (SSSR count). The maximum absolute atomic E-state index is 13.0. The second kappa shape index (κ2) is 8.95. The molecule has 1 N–H and O–H groups in total. The Balaban J connectivity index is 2.19. The lowest BCUT2D eigenvalue weighted by atomic mass is 10.1. The van der Waals surface area contributed by atoms with Crippen LogP contribution in [0, 0.1) is 11.3 Å². The van der Waals surface area contributed by atoms with Gasteiger partial charge in [-0.25, -0.2) is 0 Å². The van der Waals surface area contributed by atoms with Gasteiger partial charge >= 0.3 is 0 Å². The SMILES string of the molecule is CC(=O)NCCN(C(=O)c1ccc(Cl)c(C#N)c1)C1CCSCC1. The van der Waals surface area contributed by atoms with E-state index in [0.29, 0.717) is 29.2 Å². The van der Waals surface area contributed by atoms with Crippen molar-refractivity contribution in [3.63, 3.8) is 0 Å². The molecular weight excluding hydrogens is 346 g/mol. The maximum Gasteiger partial charge on any atom is 0.254 e. The molecule has 0 aliphatic carbocycles. The second-order valence-corrected chi connectivity index (χ2v) is 7.26. The molecule has 1 fully saturated rings. The van der Waals surface area contributed by atoms with Crippen molar-refractivity contribution >= 4 is 35.2 Å². The van der Waals surface area contributed by atoms with Gasteiger partial charge in [0, 0.05) is 31.6 Å². The van der Waals surface area contributed by atoms with E-state index in [1.165, 1.54) is 13.0 Å². The molecule has 5 nitrogen and oxygen atoms in total. The average molecular weight is 366 g/mol. The fraction of sp³-hybridized carbons (Fsp3) is 0.471. The van der Waals surface area contributed by atoms with E-state index in [2.05, 4.69) is 5.32 Å². The van der Waals surface area contributed by atoms with Gasteiger partial charge in [0.1, 0.15) is 6.07 Å². The van der Waals surface area contributed by atoms with Gasteiger partial charge in [-0.15, -0.1) is 0 Å². The zero-order valence-corrected chi connectivity index (χ0v) is 15.1. The van der Waals surface area contributed by atoms with Gasteiger partial charge in [0.2, 0.25) is 5.91 Å². The van der Waals surface area contributed by atoms with Crippen LogP contribution in [-0.2, 0) is 4.79 Å². The van der Waals surface area contributed by atoms with Crippen molar-refractivity contribution in [2.45, 2.75) is 25.8 Å². The molecule has 0 aromatic heterocycles. The predicted octanol–water partition coefficient (Wildman–Crippen LogP) is 2.69. The average Bonchev–Trinajstić information content (AvgIpc) is 2.59. The van der Waals surface area contributed by atoms with Crippen LogP contribution in [0.5, 0.6) is 0 Å². The summed E-state index contributed by atoms with van der Waals surface area (Å²) in [6, 6.07) is 6.93. The molecule has 0 unspecified atom stereocenters. The Morgan fingerprint density at radius 3 is 2.75 bits per heavy atom. The molecule has 128 valence electrons. The summed E-state index contributed by atoms with van der Waals surface area (Å²) >= 11 is 7.84. The van der Waals surface area contributed by atoms with Gasteiger partial charge in [0.15, 0.2) is 0 Å². The van der Waals surface area contributed by atoms with Crippen molar-refractivity contribution < 1.29 is 9.59 Å². The third-order valence-electron chi connectivity index (χ3n) is 3.95. The van der Waals surface area contributed by atoms with Crippen LogP contribution in [0.4, 0.5) is 0 Å². The van der Waals surface area contributed by atoms with Crippen molar-refractivity contribution in [3.8, 4) is 6.07 Å². The standard InChI is InChI=1S/C17H20ClN3O2S/c1-12(22)20-6-7-21(15-4-8-24-9-5-15)17(23)13-2-3-16(18)14(10-13)11-19/h2-3,10,15H,4-9H2,1H3,(H,20,22). The Morgan fingerprint density at radius 2 is 2.12 bits per heavy atom. The number of amides is 2. The largest absolute Gasteiger partial charge is 0.355 e. The first kappa shape index (κ1) is 18.6. The second-order valence-electron chi connectivity index (χ2n) is 5.63. The van der Waals surface area contributed by atoms with E-state index in [9.17, 15) is 9.59 Å². The van der Waals surface area contributed by atoms with Crippen molar-refractivity contribution in [1.82, 2.24) is 10.2 Å². The van der Waals surface area contributed by atoms with Gasteiger partial charge < -0.3 is 10.2 Å². The topological polar surface area (TPSA) is 73.2 Å². The van der Waals surface area contributed by atoms with Gasteiger partial charge in [-0.05, 0) is 42.5 Å². The molecule has 2 amide bonds. The molecule has 0 saturated carbocycles. The first-order chi connectivity index (χ1) is 11.5. The first-order valence-electron chi connectivity index (χ1n) is 7.85. The highest BCUT2D eigenvalue weighted by molar-refractivity contribution is 7.99. The van der Waals surface area contributed by atoms with Crippen LogP contribution < -0.4 is 5.32 Å². The summed E-state index contributed by atoms with van der Waals surface area (Å²) in [5, 5.41) is 12.2. The fourth-order valence-electron chi connectivity index (χ4n) is 2.71. The van der Waals surface area contributed by atoms with Crippen LogP contribution in [0.3, 0.4) is 0 Å². The molecule has 1 aromatic rings. The Kier molecular flexibility index (Phi) is 6.95. The van der Waals surface area contributed by atoms with E-state index in [-0.39, 0.29) is 17.9 Å². The zero-order chi connectivity index (χ0) is 17.5. The van der Waals surface area contributed by atoms with Crippen molar-refractivity contribution in [2.75, 3.05) is 24.6 Å². The number of nitriles is 1. The predicted molar refractivity (Wildman–Crippen MR) is 96.2 cm³/mol. The molecule has 7 heteroatoms. The molecule has 1 aromatic carbocycles. The summed E-state index contributed by atoms with van der Waals surface area (Å²) in [6.45, 7) is 2.34. The van der Waals surface area contributed by atoms with Gasteiger partial charge in [-0.1, -0.05) is 11.6 Å². The van der Waals surface area contributed by atoms with Gasteiger partial charge in [-0.2, -0.15) is 17.0 Å². The third kappa shape index (κ3) is 4.89. The van der Waals surface area contributed by atoms with Crippen LogP contribution in [0.25, 0.3) is 0 Å². The molecule has 1 aliphatic heterocycles. The summed E-state index contributed by atoms with van der Waals surface area (Å²) in [7, 11) is 0. The van der Waals surface area contributed by atoms with E-state index in [1.807, 2.05) is 22.7 Å². The third-order valence-corrected chi connectivity index (χ3v) is 5.33. The van der Waals surface area contributed by atoms with Crippen molar-refractivity contribution in [1.29, 1.82) is 5.26 Å². The smallest absolute Gasteiger partial charge is 0.254 e. The number of rotatable bonds is 5. The molecule has 24 heavy (non-hydrogen) atoms. The number of nitrogens with one attached hydrogen (secondary N) is 1. The highest BCUT2D eigenvalue weighted by atomic mass is 35.5. The summed E-state index contributed by atoms with van der Waals surface area (Å²) in [4.78, 5) is 25.9. The number of nitrogens with zero attached hydrogens (tertiary/aromatic N) is 2. The van der Waals surface area contributed by atoms with Crippen LogP contribution in [0.15, 0.2) is 18.2 Å². The lowest BCUT2D eigenvalue weighted by molar-refractivity contribution is -0.119. The van der Waals surface area contributed by atoms with E-state index in [0.717, 1.165) is 24.3 Å². The van der Waals surface area contributed by atoms with Crippen LogP contribution >= 0.6 is 23.4 Å².